The van der Waals surface area contributed by atoms with Gasteiger partial charge in [0.15, 0.2) is 0 Å². The number of anilines is 1. The first-order valence-electron chi connectivity index (χ1n) is 12.4. The number of fused-ring (bicyclic) bond motifs is 2. The van der Waals surface area contributed by atoms with Gasteiger partial charge < -0.3 is 15.4 Å². The number of likely N-dealkylation sites (tertiary alicyclic amines) is 1. The van der Waals surface area contributed by atoms with Gasteiger partial charge in [0.1, 0.15) is 22.8 Å². The summed E-state index contributed by atoms with van der Waals surface area (Å²) >= 11 is 1.60. The fourth-order valence-corrected chi connectivity index (χ4v) is 6.98. The minimum absolute atomic E-state index is 0.216. The molecule has 1 amide bonds. The normalized spacial score (nSPS) is 25.9. The topological polar surface area (TPSA) is 84.6 Å². The van der Waals surface area contributed by atoms with Crippen molar-refractivity contribution in [3.05, 3.63) is 41.8 Å². The molecular formula is C26H30FN5O2S. The maximum atomic E-state index is 13.4. The van der Waals surface area contributed by atoms with Crippen molar-refractivity contribution in [1.29, 1.82) is 0 Å². The van der Waals surface area contributed by atoms with Crippen LogP contribution in [0.3, 0.4) is 0 Å². The third kappa shape index (κ3) is 4.52. The predicted octanol–water partition coefficient (Wildman–Crippen LogP) is 3.54. The lowest BCUT2D eigenvalue weighted by Gasteiger charge is -2.24. The van der Waals surface area contributed by atoms with Gasteiger partial charge in [-0.25, -0.2) is 14.4 Å². The number of halogens is 1. The highest BCUT2D eigenvalue weighted by Gasteiger charge is 2.56. The number of hydrogen-bond donors (Lipinski definition) is 1. The van der Waals surface area contributed by atoms with Gasteiger partial charge in [-0.2, -0.15) is 0 Å². The van der Waals surface area contributed by atoms with Crippen LogP contribution in [0.15, 0.2) is 36.0 Å². The van der Waals surface area contributed by atoms with Crippen LogP contribution in [0.2, 0.25) is 0 Å². The summed E-state index contributed by atoms with van der Waals surface area (Å²) < 4.78 is 19.5. The van der Waals surface area contributed by atoms with Crippen LogP contribution in [0.5, 0.6) is 0 Å². The van der Waals surface area contributed by atoms with Gasteiger partial charge in [0.25, 0.3) is 0 Å². The van der Waals surface area contributed by atoms with Crippen LogP contribution in [0, 0.1) is 23.6 Å². The van der Waals surface area contributed by atoms with E-state index in [2.05, 4.69) is 25.1 Å². The van der Waals surface area contributed by atoms with E-state index in [1.165, 1.54) is 12.1 Å². The largest absolute Gasteiger partial charge is 0.380 e. The van der Waals surface area contributed by atoms with Crippen LogP contribution in [0.25, 0.3) is 21.3 Å². The number of ether oxygens (including phenoxy) is 1. The SMILES string of the molecule is NC(=O)C[C@H]1CCCN1CCOCC1C2CN(c3ncnc4scc(-c5ccc(F)cc5)c34)CC12. The first kappa shape index (κ1) is 22.8. The number of rotatable bonds is 9. The van der Waals surface area contributed by atoms with Crippen molar-refractivity contribution in [1.82, 2.24) is 14.9 Å². The van der Waals surface area contributed by atoms with Crippen molar-refractivity contribution in [2.75, 3.05) is 44.3 Å². The molecule has 3 aliphatic rings. The van der Waals surface area contributed by atoms with Crippen molar-refractivity contribution in [3.8, 4) is 11.1 Å². The van der Waals surface area contributed by atoms with Crippen LogP contribution in [-0.2, 0) is 9.53 Å². The number of benzene rings is 1. The van der Waals surface area contributed by atoms with Gasteiger partial charge in [0.05, 0.1) is 18.6 Å². The van der Waals surface area contributed by atoms with E-state index in [1.54, 1.807) is 17.7 Å². The van der Waals surface area contributed by atoms with Crippen LogP contribution in [0.4, 0.5) is 10.2 Å². The minimum Gasteiger partial charge on any atom is -0.380 e. The highest BCUT2D eigenvalue weighted by Crippen LogP contribution is 2.53. The van der Waals surface area contributed by atoms with Gasteiger partial charge in [-0.05, 0) is 54.8 Å². The number of hydrogen-bond acceptors (Lipinski definition) is 7. The van der Waals surface area contributed by atoms with Crippen molar-refractivity contribution in [2.45, 2.75) is 25.3 Å². The average Bonchev–Trinajstić information content (AvgIpc) is 3.29. The summed E-state index contributed by atoms with van der Waals surface area (Å²) in [6.07, 6.45) is 4.28. The molecule has 0 radical (unpaired) electrons. The lowest BCUT2D eigenvalue weighted by Crippen LogP contribution is -2.35. The molecule has 0 spiro atoms. The third-order valence-electron chi connectivity index (χ3n) is 7.95. The quantitative estimate of drug-likeness (QED) is 0.457. The zero-order valence-corrected chi connectivity index (χ0v) is 20.4. The Morgan fingerprint density at radius 3 is 2.77 bits per heavy atom. The highest BCUT2D eigenvalue weighted by molar-refractivity contribution is 7.17. The highest BCUT2D eigenvalue weighted by atomic mass is 32.1. The van der Waals surface area contributed by atoms with Crippen LogP contribution < -0.4 is 10.6 Å². The van der Waals surface area contributed by atoms with E-state index in [9.17, 15) is 9.18 Å². The second kappa shape index (κ2) is 9.44. The summed E-state index contributed by atoms with van der Waals surface area (Å²) in [6, 6.07) is 6.92. The second-order valence-corrected chi connectivity index (χ2v) is 10.9. The van der Waals surface area contributed by atoms with E-state index in [1.807, 2.05) is 12.1 Å². The Morgan fingerprint density at radius 1 is 1.20 bits per heavy atom. The number of carbonyl (C=O) groups is 1. The number of thiophene rings is 1. The molecule has 3 atom stereocenters. The summed E-state index contributed by atoms with van der Waals surface area (Å²) in [5.41, 5.74) is 7.44. The van der Waals surface area contributed by atoms with E-state index >= 15 is 0 Å². The molecule has 35 heavy (non-hydrogen) atoms. The average molecular weight is 496 g/mol. The number of primary amides is 1. The molecule has 0 bridgehead atoms. The molecule has 7 nitrogen and oxygen atoms in total. The fourth-order valence-electron chi connectivity index (χ4n) is 6.06. The molecule has 2 unspecified atom stereocenters. The monoisotopic (exact) mass is 495 g/mol. The van der Waals surface area contributed by atoms with E-state index in [0.717, 1.165) is 72.8 Å². The summed E-state index contributed by atoms with van der Waals surface area (Å²) in [6.45, 7) is 5.37. The van der Waals surface area contributed by atoms with E-state index in [4.69, 9.17) is 10.5 Å². The summed E-state index contributed by atoms with van der Waals surface area (Å²) in [5, 5.41) is 3.16. The summed E-state index contributed by atoms with van der Waals surface area (Å²) in [7, 11) is 0. The van der Waals surface area contributed by atoms with Crippen LogP contribution >= 0.6 is 11.3 Å². The number of nitrogens with zero attached hydrogens (tertiary/aromatic N) is 4. The van der Waals surface area contributed by atoms with Crippen molar-refractivity contribution in [2.24, 2.45) is 23.5 Å². The first-order valence-corrected chi connectivity index (χ1v) is 13.3. The maximum absolute atomic E-state index is 13.4. The molecule has 2 aromatic heterocycles. The van der Waals surface area contributed by atoms with Crippen molar-refractivity contribution in [3.63, 3.8) is 0 Å². The number of piperidine rings is 1. The smallest absolute Gasteiger partial charge is 0.218 e. The van der Waals surface area contributed by atoms with Crippen molar-refractivity contribution < 1.29 is 13.9 Å². The molecule has 2 N–H and O–H groups in total. The lowest BCUT2D eigenvalue weighted by atomic mass is 10.1. The molecule has 9 heteroatoms. The van der Waals surface area contributed by atoms with Gasteiger partial charge in [-0.15, -0.1) is 11.3 Å². The lowest BCUT2D eigenvalue weighted by molar-refractivity contribution is -0.119. The van der Waals surface area contributed by atoms with Gasteiger partial charge in [0, 0.05) is 43.0 Å². The molecular weight excluding hydrogens is 465 g/mol. The number of carbonyl (C=O) groups excluding carboxylic acids is 1. The molecule has 2 aliphatic heterocycles. The van der Waals surface area contributed by atoms with Gasteiger partial charge in [0.2, 0.25) is 5.91 Å². The molecule has 2 saturated heterocycles. The number of aromatic nitrogens is 2. The minimum atomic E-state index is -0.233. The Bertz CT molecular complexity index is 1210. The Balaban J connectivity index is 1.05. The van der Waals surface area contributed by atoms with Gasteiger partial charge in [-0.1, -0.05) is 12.1 Å². The molecule has 4 heterocycles. The Labute approximate surface area is 208 Å². The van der Waals surface area contributed by atoms with Gasteiger partial charge in [-0.3, -0.25) is 9.69 Å². The second-order valence-electron chi connectivity index (χ2n) is 10.0. The molecule has 3 fully saturated rings. The molecule has 184 valence electrons. The van der Waals surface area contributed by atoms with Crippen LogP contribution in [-0.4, -0.2) is 66.2 Å². The zero-order chi connectivity index (χ0) is 23.9. The van der Waals surface area contributed by atoms with E-state index in [0.29, 0.717) is 30.8 Å². The summed E-state index contributed by atoms with van der Waals surface area (Å²) in [4.78, 5) is 26.1. The Morgan fingerprint density at radius 2 is 2.00 bits per heavy atom. The molecule has 3 aromatic rings. The summed E-state index contributed by atoms with van der Waals surface area (Å²) in [5.74, 6) is 2.43. The standard InChI is InChI=1S/C26H30FN5O2S/c27-17-5-3-16(4-6-17)22-14-35-26-24(22)25(29-15-30-26)32-11-19-20(12-32)21(19)13-34-9-8-31-7-1-2-18(31)10-23(28)33/h3-6,14-15,18-21H,1-2,7-13H2,(H2,28,33)/t18-,19?,20?,21?/m1/s1. The number of amides is 1. The van der Waals surface area contributed by atoms with Crippen LogP contribution in [0.1, 0.15) is 19.3 Å². The third-order valence-corrected chi connectivity index (χ3v) is 8.83. The molecule has 1 saturated carbocycles. The zero-order valence-electron chi connectivity index (χ0n) is 19.6. The molecule has 1 aromatic carbocycles. The van der Waals surface area contributed by atoms with E-state index in [-0.39, 0.29) is 17.8 Å². The fraction of sp³-hybridized carbons (Fsp3) is 0.500. The predicted molar refractivity (Wildman–Crippen MR) is 135 cm³/mol. The van der Waals surface area contributed by atoms with Gasteiger partial charge >= 0.3 is 0 Å². The molecule has 1 aliphatic carbocycles. The Kier molecular flexibility index (Phi) is 6.16. The van der Waals surface area contributed by atoms with Crippen molar-refractivity contribution >= 4 is 33.3 Å². The first-order chi connectivity index (χ1) is 17.1. The number of nitrogens with two attached hydrogens (primary N) is 1. The Hall–Kier alpha value is -2.62. The van der Waals surface area contributed by atoms with E-state index < -0.39 is 0 Å². The molecule has 6 rings (SSSR count). The maximum Gasteiger partial charge on any atom is 0.218 e.